The number of aliphatic imine (C=N–C) groups is 1. The predicted molar refractivity (Wildman–Crippen MR) is 95.9 cm³/mol. The van der Waals surface area contributed by atoms with Gasteiger partial charge in [-0.15, -0.1) is 0 Å². The largest absolute Gasteiger partial charge is 0.371 e. The van der Waals surface area contributed by atoms with Crippen molar-refractivity contribution < 1.29 is 4.74 Å². The van der Waals surface area contributed by atoms with Gasteiger partial charge in [-0.05, 0) is 37.5 Å². The van der Waals surface area contributed by atoms with Crippen molar-refractivity contribution in [3.8, 4) is 0 Å². The summed E-state index contributed by atoms with van der Waals surface area (Å²) in [5.74, 6) is 0.936. The quantitative estimate of drug-likeness (QED) is 0.373. The molecule has 0 saturated carbocycles. The highest BCUT2D eigenvalue weighted by atomic mass is 35.5. The Bertz CT molecular complexity index is 431. The number of rotatable bonds is 10. The molecule has 0 aliphatic carbocycles. The molecule has 1 rings (SSSR count). The molecule has 3 nitrogen and oxygen atoms in total. The third kappa shape index (κ3) is 6.80. The Labute approximate surface area is 140 Å². The van der Waals surface area contributed by atoms with Gasteiger partial charge < -0.3 is 10.1 Å². The summed E-state index contributed by atoms with van der Waals surface area (Å²) in [5.41, 5.74) is 1.09. The molecule has 0 aliphatic heterocycles. The molecule has 0 aliphatic rings. The second-order valence-electron chi connectivity index (χ2n) is 5.29. The van der Waals surface area contributed by atoms with E-state index in [1.807, 2.05) is 31.2 Å². The number of halogens is 1. The molecule has 0 aromatic heterocycles. The molecule has 0 bridgehead atoms. The Morgan fingerprint density at radius 2 is 1.82 bits per heavy atom. The van der Waals surface area contributed by atoms with Gasteiger partial charge >= 0.3 is 0 Å². The summed E-state index contributed by atoms with van der Waals surface area (Å²) < 4.78 is 5.96. The Morgan fingerprint density at radius 1 is 1.14 bits per heavy atom. The Balaban J connectivity index is 2.91. The van der Waals surface area contributed by atoms with E-state index < -0.39 is 0 Å². The van der Waals surface area contributed by atoms with E-state index in [1.165, 1.54) is 0 Å². The van der Waals surface area contributed by atoms with Crippen LogP contribution in [0.3, 0.4) is 0 Å². The summed E-state index contributed by atoms with van der Waals surface area (Å²) in [7, 11) is 0. The number of hydrogen-bond acceptors (Lipinski definition) is 2. The summed E-state index contributed by atoms with van der Waals surface area (Å²) in [4.78, 5) is 4.75. The minimum Gasteiger partial charge on any atom is -0.371 e. The fraction of sp³-hybridized carbons (Fsp3) is 0.611. The van der Waals surface area contributed by atoms with E-state index in [2.05, 4.69) is 19.2 Å². The molecule has 4 heteroatoms. The minimum atomic E-state index is -0.143. The van der Waals surface area contributed by atoms with E-state index in [0.717, 1.165) is 55.2 Å². The summed E-state index contributed by atoms with van der Waals surface area (Å²) >= 11 is 5.99. The van der Waals surface area contributed by atoms with Crippen molar-refractivity contribution in [2.45, 2.75) is 52.6 Å². The molecule has 1 aromatic carbocycles. The van der Waals surface area contributed by atoms with Crippen molar-refractivity contribution in [1.82, 2.24) is 5.32 Å². The lowest BCUT2D eigenvalue weighted by Crippen LogP contribution is -2.32. The standard InChI is InChI=1S/C18H29ClN2O/c1-4-7-13-20-18(21-14-8-5-2)17(22-6-3)15-9-11-16(19)12-10-15/h9-12,17H,4-8,13-14H2,1-3H3,(H,20,21). The number of nitrogens with zero attached hydrogens (tertiary/aromatic N) is 1. The van der Waals surface area contributed by atoms with Crippen LogP contribution >= 0.6 is 11.6 Å². The fourth-order valence-corrected chi connectivity index (χ4v) is 2.25. The molecule has 0 saturated heterocycles. The minimum absolute atomic E-state index is 0.143. The van der Waals surface area contributed by atoms with E-state index in [1.54, 1.807) is 0 Å². The monoisotopic (exact) mass is 324 g/mol. The smallest absolute Gasteiger partial charge is 0.139 e. The van der Waals surface area contributed by atoms with Gasteiger partial charge in [0.1, 0.15) is 11.9 Å². The highest BCUT2D eigenvalue weighted by Crippen LogP contribution is 2.21. The van der Waals surface area contributed by atoms with Gasteiger partial charge in [0.25, 0.3) is 0 Å². The molecule has 0 spiro atoms. The van der Waals surface area contributed by atoms with Crippen LogP contribution in [0, 0.1) is 0 Å². The molecule has 0 radical (unpaired) electrons. The van der Waals surface area contributed by atoms with Crippen LogP contribution in [0.4, 0.5) is 0 Å². The molecule has 22 heavy (non-hydrogen) atoms. The summed E-state index contributed by atoms with van der Waals surface area (Å²) in [5, 5.41) is 4.21. The van der Waals surface area contributed by atoms with E-state index in [-0.39, 0.29) is 6.10 Å². The maximum absolute atomic E-state index is 5.99. The molecule has 1 atom stereocenters. The second-order valence-corrected chi connectivity index (χ2v) is 5.72. The predicted octanol–water partition coefficient (Wildman–Crippen LogP) is 5.01. The zero-order chi connectivity index (χ0) is 16.2. The number of hydrogen-bond donors (Lipinski definition) is 1. The molecule has 1 aromatic rings. The molecule has 0 heterocycles. The van der Waals surface area contributed by atoms with Crippen LogP contribution in [0.25, 0.3) is 0 Å². The third-order valence-electron chi connectivity index (χ3n) is 3.38. The maximum atomic E-state index is 5.99. The summed E-state index contributed by atoms with van der Waals surface area (Å²) in [6.45, 7) is 8.79. The van der Waals surface area contributed by atoms with E-state index in [9.17, 15) is 0 Å². The van der Waals surface area contributed by atoms with Gasteiger partial charge in [0.05, 0.1) is 0 Å². The zero-order valence-corrected chi connectivity index (χ0v) is 14.8. The Kier molecular flexibility index (Phi) is 9.93. The van der Waals surface area contributed by atoms with Crippen molar-refractivity contribution in [2.75, 3.05) is 19.7 Å². The van der Waals surface area contributed by atoms with Crippen molar-refractivity contribution in [3.05, 3.63) is 34.9 Å². The Morgan fingerprint density at radius 3 is 2.41 bits per heavy atom. The SMILES string of the molecule is CCCCN=C(NCCCC)C(OCC)c1ccc(Cl)cc1. The van der Waals surface area contributed by atoms with Crippen LogP contribution < -0.4 is 5.32 Å². The van der Waals surface area contributed by atoms with Crippen LogP contribution in [0.2, 0.25) is 5.02 Å². The van der Waals surface area contributed by atoms with Gasteiger partial charge in [0, 0.05) is 24.7 Å². The fourth-order valence-electron chi connectivity index (χ4n) is 2.12. The van der Waals surface area contributed by atoms with E-state index in [0.29, 0.717) is 6.61 Å². The first kappa shape index (κ1) is 19.0. The van der Waals surface area contributed by atoms with Gasteiger partial charge in [-0.2, -0.15) is 0 Å². The Hall–Kier alpha value is -1.06. The maximum Gasteiger partial charge on any atom is 0.139 e. The van der Waals surface area contributed by atoms with Crippen LogP contribution in [0.5, 0.6) is 0 Å². The average Bonchev–Trinajstić information content (AvgIpc) is 2.53. The molecular formula is C18H29ClN2O. The van der Waals surface area contributed by atoms with Crippen LogP contribution in [-0.2, 0) is 4.74 Å². The lowest BCUT2D eigenvalue weighted by molar-refractivity contribution is 0.107. The summed E-state index contributed by atoms with van der Waals surface area (Å²) in [6, 6.07) is 7.83. The second kappa shape index (κ2) is 11.5. The van der Waals surface area contributed by atoms with Crippen LogP contribution in [-0.4, -0.2) is 25.5 Å². The van der Waals surface area contributed by atoms with E-state index in [4.69, 9.17) is 21.3 Å². The van der Waals surface area contributed by atoms with Crippen molar-refractivity contribution >= 4 is 17.4 Å². The molecule has 1 unspecified atom stereocenters. The van der Waals surface area contributed by atoms with E-state index >= 15 is 0 Å². The lowest BCUT2D eigenvalue weighted by Gasteiger charge is -2.21. The average molecular weight is 325 g/mol. The third-order valence-corrected chi connectivity index (χ3v) is 3.64. The lowest BCUT2D eigenvalue weighted by atomic mass is 10.1. The van der Waals surface area contributed by atoms with Gasteiger partial charge in [-0.1, -0.05) is 50.4 Å². The normalized spacial score (nSPS) is 13.2. The molecule has 1 N–H and O–H groups in total. The molecule has 0 fully saturated rings. The van der Waals surface area contributed by atoms with Gasteiger partial charge in [-0.3, -0.25) is 4.99 Å². The number of unbranched alkanes of at least 4 members (excludes halogenated alkanes) is 2. The van der Waals surface area contributed by atoms with Gasteiger partial charge in [0.15, 0.2) is 0 Å². The van der Waals surface area contributed by atoms with Crippen molar-refractivity contribution in [2.24, 2.45) is 4.99 Å². The van der Waals surface area contributed by atoms with Crippen LogP contribution in [0.1, 0.15) is 58.1 Å². The number of ether oxygens (including phenoxy) is 1. The number of nitrogens with one attached hydrogen (secondary N) is 1. The highest BCUT2D eigenvalue weighted by Gasteiger charge is 2.18. The summed E-state index contributed by atoms with van der Waals surface area (Å²) in [6.07, 6.45) is 4.39. The first-order valence-corrected chi connectivity index (χ1v) is 8.75. The first-order valence-electron chi connectivity index (χ1n) is 8.38. The van der Waals surface area contributed by atoms with Crippen LogP contribution in [0.15, 0.2) is 29.3 Å². The molecule has 0 amide bonds. The van der Waals surface area contributed by atoms with Gasteiger partial charge in [-0.25, -0.2) is 0 Å². The number of amidine groups is 1. The highest BCUT2D eigenvalue weighted by molar-refractivity contribution is 6.30. The number of benzene rings is 1. The van der Waals surface area contributed by atoms with Gasteiger partial charge in [0.2, 0.25) is 0 Å². The molecule has 124 valence electrons. The van der Waals surface area contributed by atoms with Crippen molar-refractivity contribution in [3.63, 3.8) is 0 Å². The topological polar surface area (TPSA) is 33.6 Å². The molecular weight excluding hydrogens is 296 g/mol. The first-order chi connectivity index (χ1) is 10.7. The zero-order valence-electron chi connectivity index (χ0n) is 14.1. The van der Waals surface area contributed by atoms with Crippen molar-refractivity contribution in [1.29, 1.82) is 0 Å².